The summed E-state index contributed by atoms with van der Waals surface area (Å²) in [7, 11) is 0. The molecule has 1 aromatic carbocycles. The Morgan fingerprint density at radius 3 is 2.36 bits per heavy atom. The number of benzene rings is 1. The number of rotatable bonds is 4. The van der Waals surface area contributed by atoms with Gasteiger partial charge in [0.25, 0.3) is 5.91 Å². The highest BCUT2D eigenvalue weighted by atomic mass is 35.5. The lowest BCUT2D eigenvalue weighted by atomic mass is 9.97. The average molecular weight is 411 g/mol. The van der Waals surface area contributed by atoms with E-state index in [0.29, 0.717) is 36.6 Å². The highest BCUT2D eigenvalue weighted by molar-refractivity contribution is 6.33. The lowest BCUT2D eigenvalue weighted by Gasteiger charge is -2.32. The predicted octanol–water partition coefficient (Wildman–Crippen LogP) is 3.86. The van der Waals surface area contributed by atoms with Crippen LogP contribution in [0.15, 0.2) is 24.3 Å². The second-order valence-corrected chi connectivity index (χ2v) is 8.20. The first-order valence-electron chi connectivity index (χ1n) is 9.30. The Morgan fingerprint density at radius 2 is 1.79 bits per heavy atom. The lowest BCUT2D eigenvalue weighted by molar-refractivity contribution is -0.158. The van der Waals surface area contributed by atoms with Gasteiger partial charge in [0.2, 0.25) is 0 Å². The molecule has 0 radical (unpaired) electrons. The maximum atomic E-state index is 12.4. The number of carbonyl (C=O) groups is 3. The number of carbonyl (C=O) groups excluding carboxylic acids is 3. The van der Waals surface area contributed by atoms with Crippen molar-refractivity contribution in [2.75, 3.05) is 18.4 Å². The molecule has 1 aliphatic heterocycles. The van der Waals surface area contributed by atoms with E-state index in [1.165, 1.54) is 6.92 Å². The fourth-order valence-corrected chi connectivity index (χ4v) is 2.93. The van der Waals surface area contributed by atoms with Gasteiger partial charge in [-0.3, -0.25) is 9.59 Å². The molecule has 0 spiro atoms. The Bertz CT molecular complexity index is 724. The molecule has 8 heteroatoms. The van der Waals surface area contributed by atoms with E-state index in [2.05, 4.69) is 5.32 Å². The summed E-state index contributed by atoms with van der Waals surface area (Å²) < 4.78 is 10.7. The van der Waals surface area contributed by atoms with E-state index in [4.69, 9.17) is 21.1 Å². The van der Waals surface area contributed by atoms with Gasteiger partial charge in [-0.1, -0.05) is 23.7 Å². The highest BCUT2D eigenvalue weighted by Crippen LogP contribution is 2.23. The third kappa shape index (κ3) is 6.41. The molecule has 1 N–H and O–H groups in total. The normalized spacial score (nSPS) is 16.2. The predicted molar refractivity (Wildman–Crippen MR) is 106 cm³/mol. The summed E-state index contributed by atoms with van der Waals surface area (Å²) in [6, 6.07) is 6.83. The number of ether oxygens (including phenoxy) is 2. The molecular weight excluding hydrogens is 384 g/mol. The Balaban J connectivity index is 1.81. The number of hydrogen-bond acceptors (Lipinski definition) is 5. The summed E-state index contributed by atoms with van der Waals surface area (Å²) in [5, 5.41) is 3.05. The van der Waals surface area contributed by atoms with Crippen molar-refractivity contribution in [1.29, 1.82) is 0 Å². The van der Waals surface area contributed by atoms with Gasteiger partial charge in [0.1, 0.15) is 5.60 Å². The standard InChI is InChI=1S/C20H27ClN2O5/c1-13(17(24)22-16-8-6-5-7-15(16)21)27-18(25)14-9-11-23(12-10-14)19(26)28-20(2,3)4/h5-8,13-14H,9-12H2,1-4H3,(H,22,24)/t13-/m0/s1. The minimum Gasteiger partial charge on any atom is -0.452 e. The smallest absolute Gasteiger partial charge is 0.410 e. The van der Waals surface area contributed by atoms with Crippen molar-refractivity contribution in [1.82, 2.24) is 4.90 Å². The minimum absolute atomic E-state index is 0.353. The summed E-state index contributed by atoms with van der Waals surface area (Å²) >= 11 is 6.01. The number of piperidine rings is 1. The van der Waals surface area contributed by atoms with Crippen LogP contribution in [0.25, 0.3) is 0 Å². The molecule has 0 saturated carbocycles. The second-order valence-electron chi connectivity index (χ2n) is 7.79. The third-order valence-corrected chi connectivity index (χ3v) is 4.60. The van der Waals surface area contributed by atoms with Crippen LogP contribution in [0.1, 0.15) is 40.5 Å². The number of esters is 1. The van der Waals surface area contributed by atoms with E-state index in [0.717, 1.165) is 0 Å². The van der Waals surface area contributed by atoms with Gasteiger partial charge < -0.3 is 19.7 Å². The van der Waals surface area contributed by atoms with Crippen LogP contribution in [0.2, 0.25) is 5.02 Å². The van der Waals surface area contributed by atoms with Crippen molar-refractivity contribution < 1.29 is 23.9 Å². The van der Waals surface area contributed by atoms with E-state index in [9.17, 15) is 14.4 Å². The number of hydrogen-bond donors (Lipinski definition) is 1. The van der Waals surface area contributed by atoms with Crippen molar-refractivity contribution in [3.05, 3.63) is 29.3 Å². The van der Waals surface area contributed by atoms with Gasteiger partial charge in [-0.25, -0.2) is 4.79 Å². The van der Waals surface area contributed by atoms with Crippen molar-refractivity contribution >= 4 is 35.3 Å². The zero-order valence-electron chi connectivity index (χ0n) is 16.7. The molecule has 1 atom stereocenters. The maximum Gasteiger partial charge on any atom is 0.410 e. The van der Waals surface area contributed by atoms with Gasteiger partial charge in [0, 0.05) is 13.1 Å². The number of nitrogens with zero attached hydrogens (tertiary/aromatic N) is 1. The van der Waals surface area contributed by atoms with Crippen LogP contribution in [0.4, 0.5) is 10.5 Å². The lowest BCUT2D eigenvalue weighted by Crippen LogP contribution is -2.43. The molecule has 7 nitrogen and oxygen atoms in total. The van der Waals surface area contributed by atoms with Crippen molar-refractivity contribution in [2.45, 2.75) is 52.2 Å². The Kier molecular flexibility index (Phi) is 7.29. The Hall–Kier alpha value is -2.28. The number of halogens is 1. The van der Waals surface area contributed by atoms with Crippen LogP contribution in [0.5, 0.6) is 0 Å². The summed E-state index contributed by atoms with van der Waals surface area (Å²) in [5.74, 6) is -1.24. The molecule has 154 valence electrons. The van der Waals surface area contributed by atoms with E-state index in [-0.39, 0.29) is 12.0 Å². The molecule has 2 amide bonds. The third-order valence-electron chi connectivity index (χ3n) is 4.27. The van der Waals surface area contributed by atoms with Crippen molar-refractivity contribution in [3.8, 4) is 0 Å². The zero-order chi connectivity index (χ0) is 20.9. The topological polar surface area (TPSA) is 84.9 Å². The fraction of sp³-hybridized carbons (Fsp3) is 0.550. The molecule has 0 unspecified atom stereocenters. The summed E-state index contributed by atoms with van der Waals surface area (Å²) in [4.78, 5) is 38.3. The zero-order valence-corrected chi connectivity index (χ0v) is 17.4. The molecule has 0 bridgehead atoms. The second kappa shape index (κ2) is 9.28. The van der Waals surface area contributed by atoms with Crippen LogP contribution in [0.3, 0.4) is 0 Å². The number of likely N-dealkylation sites (tertiary alicyclic amines) is 1. The van der Waals surface area contributed by atoms with Crippen LogP contribution >= 0.6 is 11.6 Å². The van der Waals surface area contributed by atoms with Gasteiger partial charge in [-0.15, -0.1) is 0 Å². The Labute approximate surface area is 170 Å². The number of nitrogens with one attached hydrogen (secondary N) is 1. The first-order valence-corrected chi connectivity index (χ1v) is 9.68. The molecule has 1 saturated heterocycles. The van der Waals surface area contributed by atoms with Crippen molar-refractivity contribution in [2.24, 2.45) is 5.92 Å². The molecular formula is C20H27ClN2O5. The summed E-state index contributed by atoms with van der Waals surface area (Å²) in [6.07, 6.45) is -0.395. The number of para-hydroxylation sites is 1. The maximum absolute atomic E-state index is 12.4. The van der Waals surface area contributed by atoms with Gasteiger partial charge >= 0.3 is 12.1 Å². The molecule has 0 aliphatic carbocycles. The quantitative estimate of drug-likeness (QED) is 0.762. The van der Waals surface area contributed by atoms with Gasteiger partial charge in [-0.05, 0) is 52.7 Å². The van der Waals surface area contributed by atoms with Crippen LogP contribution in [0, 0.1) is 5.92 Å². The summed E-state index contributed by atoms with van der Waals surface area (Å²) in [5.41, 5.74) is -0.0974. The minimum atomic E-state index is -0.951. The summed E-state index contributed by atoms with van der Waals surface area (Å²) in [6.45, 7) is 7.77. The molecule has 1 aliphatic rings. The van der Waals surface area contributed by atoms with Crippen molar-refractivity contribution in [3.63, 3.8) is 0 Å². The molecule has 28 heavy (non-hydrogen) atoms. The molecule has 0 aromatic heterocycles. The molecule has 2 rings (SSSR count). The van der Waals surface area contributed by atoms with E-state index in [1.807, 2.05) is 20.8 Å². The first kappa shape index (κ1) is 22.0. The van der Waals surface area contributed by atoms with Crippen LogP contribution in [-0.2, 0) is 19.1 Å². The van der Waals surface area contributed by atoms with Gasteiger partial charge in [0.15, 0.2) is 6.10 Å². The SMILES string of the molecule is C[C@H](OC(=O)C1CCN(C(=O)OC(C)(C)C)CC1)C(=O)Nc1ccccc1Cl. The van der Waals surface area contributed by atoms with Gasteiger partial charge in [-0.2, -0.15) is 0 Å². The molecule has 1 aromatic rings. The van der Waals surface area contributed by atoms with E-state index >= 15 is 0 Å². The monoisotopic (exact) mass is 410 g/mol. The first-order chi connectivity index (χ1) is 13.1. The number of anilines is 1. The molecule has 1 fully saturated rings. The van der Waals surface area contributed by atoms with Crippen LogP contribution in [-0.4, -0.2) is 47.7 Å². The fourth-order valence-electron chi connectivity index (χ4n) is 2.75. The average Bonchev–Trinajstić information content (AvgIpc) is 2.62. The van der Waals surface area contributed by atoms with Crippen LogP contribution < -0.4 is 5.32 Å². The van der Waals surface area contributed by atoms with E-state index in [1.54, 1.807) is 29.2 Å². The number of amides is 2. The largest absolute Gasteiger partial charge is 0.452 e. The van der Waals surface area contributed by atoms with Gasteiger partial charge in [0.05, 0.1) is 16.6 Å². The molecule has 1 heterocycles. The highest BCUT2D eigenvalue weighted by Gasteiger charge is 2.32. The Morgan fingerprint density at radius 1 is 1.18 bits per heavy atom. The van der Waals surface area contributed by atoms with E-state index < -0.39 is 23.6 Å².